The van der Waals surface area contributed by atoms with Gasteiger partial charge in [0, 0.05) is 24.0 Å². The molecule has 1 aromatic carbocycles. The smallest absolute Gasteiger partial charge is 0.350 e. The fraction of sp³-hybridized carbons (Fsp3) is 0.267. The third-order valence-electron chi connectivity index (χ3n) is 2.53. The van der Waals surface area contributed by atoms with Crippen LogP contribution in [0.1, 0.15) is 19.8 Å². The van der Waals surface area contributed by atoms with Crippen LogP contribution in [0.15, 0.2) is 36.0 Å². The zero-order chi connectivity index (χ0) is 15.7. The molecule has 110 valence electrons. The highest BCUT2D eigenvalue weighted by atomic mass is 16.5. The van der Waals surface area contributed by atoms with Crippen molar-refractivity contribution in [1.29, 1.82) is 5.26 Å². The Kier molecular flexibility index (Phi) is 6.48. The number of hydrogen-bond acceptors (Lipinski definition) is 5. The summed E-state index contributed by atoms with van der Waals surface area (Å²) in [6.45, 7) is 1.93. The Morgan fingerprint density at radius 1 is 1.38 bits per heavy atom. The maximum Gasteiger partial charge on any atom is 0.350 e. The third kappa shape index (κ3) is 5.37. The number of benzene rings is 1. The van der Waals surface area contributed by atoms with Crippen LogP contribution in [0.5, 0.6) is 0 Å². The van der Waals surface area contributed by atoms with E-state index in [-0.39, 0.29) is 11.5 Å². The predicted octanol–water partition coefficient (Wildman–Crippen LogP) is 2.42. The van der Waals surface area contributed by atoms with E-state index in [0.717, 1.165) is 6.42 Å². The molecule has 0 unspecified atom stereocenters. The number of ether oxygens (including phenoxy) is 1. The molecule has 1 amide bonds. The van der Waals surface area contributed by atoms with Crippen LogP contribution in [0.3, 0.4) is 0 Å². The van der Waals surface area contributed by atoms with Crippen molar-refractivity contribution in [2.24, 2.45) is 0 Å². The Labute approximate surface area is 123 Å². The van der Waals surface area contributed by atoms with E-state index < -0.39 is 5.97 Å². The molecule has 1 aromatic rings. The molecular formula is C15H17N3O3. The fourth-order valence-corrected chi connectivity index (χ4v) is 1.54. The van der Waals surface area contributed by atoms with E-state index in [4.69, 9.17) is 5.26 Å². The van der Waals surface area contributed by atoms with Gasteiger partial charge in [0.15, 0.2) is 5.57 Å². The lowest BCUT2D eigenvalue weighted by molar-refractivity contribution is -0.135. The number of nitrogens with one attached hydrogen (secondary N) is 2. The van der Waals surface area contributed by atoms with E-state index in [0.29, 0.717) is 17.8 Å². The number of methoxy groups -OCH3 is 1. The van der Waals surface area contributed by atoms with Gasteiger partial charge in [-0.3, -0.25) is 4.79 Å². The van der Waals surface area contributed by atoms with Crippen LogP contribution in [0.2, 0.25) is 0 Å². The summed E-state index contributed by atoms with van der Waals surface area (Å²) in [6, 6.07) is 8.70. The van der Waals surface area contributed by atoms with Gasteiger partial charge in [-0.25, -0.2) is 4.79 Å². The molecule has 0 bridgehead atoms. The summed E-state index contributed by atoms with van der Waals surface area (Å²) in [7, 11) is 1.21. The normalized spacial score (nSPS) is 10.4. The standard InChI is InChI=1S/C15H17N3O3/c1-3-5-14(19)18-13-7-4-6-12(8-13)17-10-11(9-16)15(20)21-2/h4,6-8,10,17H,3,5H2,1-2H3,(H,18,19)/b11-10+. The Balaban J connectivity index is 2.77. The molecule has 0 saturated heterocycles. The average molecular weight is 287 g/mol. The van der Waals surface area contributed by atoms with Crippen molar-refractivity contribution in [3.63, 3.8) is 0 Å². The van der Waals surface area contributed by atoms with Gasteiger partial charge in [-0.15, -0.1) is 0 Å². The second kappa shape index (κ2) is 8.38. The minimum absolute atomic E-state index is 0.0579. The average Bonchev–Trinajstić information content (AvgIpc) is 2.48. The molecule has 0 fully saturated rings. The van der Waals surface area contributed by atoms with E-state index >= 15 is 0 Å². The lowest BCUT2D eigenvalue weighted by Crippen LogP contribution is -2.10. The summed E-state index contributed by atoms with van der Waals surface area (Å²) in [5.74, 6) is -0.769. The summed E-state index contributed by atoms with van der Waals surface area (Å²) in [5.41, 5.74) is 1.14. The largest absolute Gasteiger partial charge is 0.465 e. The fourth-order valence-electron chi connectivity index (χ4n) is 1.54. The topological polar surface area (TPSA) is 91.2 Å². The van der Waals surface area contributed by atoms with Crippen molar-refractivity contribution >= 4 is 23.3 Å². The number of anilines is 2. The number of nitriles is 1. The van der Waals surface area contributed by atoms with Gasteiger partial charge in [-0.05, 0) is 24.6 Å². The minimum Gasteiger partial charge on any atom is -0.465 e. The van der Waals surface area contributed by atoms with Crippen molar-refractivity contribution in [3.8, 4) is 6.07 Å². The minimum atomic E-state index is -0.711. The Morgan fingerprint density at radius 3 is 2.71 bits per heavy atom. The summed E-state index contributed by atoms with van der Waals surface area (Å²) in [4.78, 5) is 22.8. The van der Waals surface area contributed by atoms with Crippen LogP contribution in [0.25, 0.3) is 0 Å². The van der Waals surface area contributed by atoms with Gasteiger partial charge in [-0.2, -0.15) is 5.26 Å². The molecule has 2 N–H and O–H groups in total. The molecule has 0 saturated carbocycles. The molecule has 0 aliphatic carbocycles. The Bertz CT molecular complexity index is 588. The number of carbonyl (C=O) groups is 2. The van der Waals surface area contributed by atoms with Crippen LogP contribution in [0, 0.1) is 11.3 Å². The summed E-state index contributed by atoms with van der Waals surface area (Å²) >= 11 is 0. The van der Waals surface area contributed by atoms with Crippen LogP contribution in [-0.4, -0.2) is 19.0 Å². The number of esters is 1. The first-order valence-electron chi connectivity index (χ1n) is 6.45. The van der Waals surface area contributed by atoms with Crippen LogP contribution in [-0.2, 0) is 14.3 Å². The second-order valence-corrected chi connectivity index (χ2v) is 4.18. The van der Waals surface area contributed by atoms with Crippen molar-refractivity contribution < 1.29 is 14.3 Å². The van der Waals surface area contributed by atoms with Crippen LogP contribution in [0.4, 0.5) is 11.4 Å². The third-order valence-corrected chi connectivity index (χ3v) is 2.53. The molecule has 0 aromatic heterocycles. The number of amides is 1. The molecule has 6 nitrogen and oxygen atoms in total. The summed E-state index contributed by atoms with van der Waals surface area (Å²) in [6.07, 6.45) is 2.49. The highest BCUT2D eigenvalue weighted by Crippen LogP contribution is 2.16. The van der Waals surface area contributed by atoms with Gasteiger partial charge in [0.25, 0.3) is 0 Å². The lowest BCUT2D eigenvalue weighted by atomic mass is 10.2. The maximum atomic E-state index is 11.5. The first kappa shape index (κ1) is 16.2. The monoisotopic (exact) mass is 287 g/mol. The molecule has 1 rings (SSSR count). The van der Waals surface area contributed by atoms with E-state index in [1.54, 1.807) is 30.3 Å². The highest BCUT2D eigenvalue weighted by Gasteiger charge is 2.08. The zero-order valence-corrected chi connectivity index (χ0v) is 12.0. The molecular weight excluding hydrogens is 270 g/mol. The summed E-state index contributed by atoms with van der Waals surface area (Å²) in [5, 5.41) is 14.4. The highest BCUT2D eigenvalue weighted by molar-refractivity contribution is 5.93. The van der Waals surface area contributed by atoms with Crippen molar-refractivity contribution in [2.45, 2.75) is 19.8 Å². The van der Waals surface area contributed by atoms with Crippen molar-refractivity contribution in [3.05, 3.63) is 36.0 Å². The number of carbonyl (C=O) groups excluding carboxylic acids is 2. The Morgan fingerprint density at radius 2 is 2.10 bits per heavy atom. The SMILES string of the molecule is CCCC(=O)Nc1cccc(N/C=C(\C#N)C(=O)OC)c1. The predicted molar refractivity (Wildman–Crippen MR) is 79.3 cm³/mol. The number of hydrogen-bond donors (Lipinski definition) is 2. The van der Waals surface area contributed by atoms with Gasteiger partial charge in [0.2, 0.25) is 5.91 Å². The summed E-state index contributed by atoms with van der Waals surface area (Å²) < 4.78 is 4.47. The second-order valence-electron chi connectivity index (χ2n) is 4.18. The van der Waals surface area contributed by atoms with Gasteiger partial charge < -0.3 is 15.4 Å². The quantitative estimate of drug-likeness (QED) is 0.476. The molecule has 0 radical (unpaired) electrons. The van der Waals surface area contributed by atoms with Crippen molar-refractivity contribution in [1.82, 2.24) is 0 Å². The van der Waals surface area contributed by atoms with Crippen molar-refractivity contribution in [2.75, 3.05) is 17.7 Å². The molecule has 0 aliphatic heterocycles. The van der Waals surface area contributed by atoms with Gasteiger partial charge in [0.05, 0.1) is 7.11 Å². The molecule has 21 heavy (non-hydrogen) atoms. The van der Waals surface area contributed by atoms with E-state index in [2.05, 4.69) is 15.4 Å². The van der Waals surface area contributed by atoms with E-state index in [1.807, 2.05) is 6.92 Å². The zero-order valence-electron chi connectivity index (χ0n) is 12.0. The van der Waals surface area contributed by atoms with Gasteiger partial charge >= 0.3 is 5.97 Å². The lowest BCUT2D eigenvalue weighted by Gasteiger charge is -2.07. The number of nitrogens with zero attached hydrogens (tertiary/aromatic N) is 1. The van der Waals surface area contributed by atoms with E-state index in [9.17, 15) is 9.59 Å². The Hall–Kier alpha value is -2.81. The molecule has 6 heteroatoms. The van der Waals surface area contributed by atoms with Crippen LogP contribution < -0.4 is 10.6 Å². The number of rotatable bonds is 6. The molecule has 0 spiro atoms. The first-order valence-corrected chi connectivity index (χ1v) is 6.45. The molecule has 0 heterocycles. The van der Waals surface area contributed by atoms with Gasteiger partial charge in [-0.1, -0.05) is 13.0 Å². The first-order chi connectivity index (χ1) is 10.1. The van der Waals surface area contributed by atoms with Gasteiger partial charge in [0.1, 0.15) is 6.07 Å². The van der Waals surface area contributed by atoms with Crippen LogP contribution >= 0.6 is 0 Å². The van der Waals surface area contributed by atoms with E-state index in [1.165, 1.54) is 13.3 Å². The molecule has 0 aliphatic rings. The maximum absolute atomic E-state index is 11.5. The molecule has 0 atom stereocenters.